The lowest BCUT2D eigenvalue weighted by Crippen LogP contribution is -2.44. The molecule has 0 aromatic heterocycles. The number of amides is 1. The van der Waals surface area contributed by atoms with Crippen LogP contribution in [0.4, 0.5) is 5.69 Å². The Hall–Kier alpha value is -1.73. The summed E-state index contributed by atoms with van der Waals surface area (Å²) in [6, 6.07) is 10.9. The molecule has 0 radical (unpaired) electrons. The van der Waals surface area contributed by atoms with Crippen LogP contribution in [0.2, 0.25) is 0 Å². The second-order valence-electron chi connectivity index (χ2n) is 6.10. The van der Waals surface area contributed by atoms with Gasteiger partial charge in [0.2, 0.25) is 5.91 Å². The van der Waals surface area contributed by atoms with E-state index in [4.69, 9.17) is 0 Å². The van der Waals surface area contributed by atoms with Gasteiger partial charge in [0.25, 0.3) is 10.0 Å². The zero-order valence-electron chi connectivity index (χ0n) is 13.1. The quantitative estimate of drug-likeness (QED) is 0.910. The topological polar surface area (TPSA) is 66.5 Å². The summed E-state index contributed by atoms with van der Waals surface area (Å²) >= 11 is 1.89. The van der Waals surface area contributed by atoms with E-state index in [1.54, 1.807) is 18.2 Å². The van der Waals surface area contributed by atoms with E-state index in [1.807, 2.05) is 30.0 Å². The van der Waals surface area contributed by atoms with Gasteiger partial charge >= 0.3 is 0 Å². The maximum Gasteiger partial charge on any atom is 0.265 e. The third kappa shape index (κ3) is 2.56. The van der Waals surface area contributed by atoms with Crippen LogP contribution in [0.1, 0.15) is 12.8 Å². The van der Waals surface area contributed by atoms with E-state index in [1.165, 1.54) is 4.31 Å². The van der Waals surface area contributed by atoms with Gasteiger partial charge in [0, 0.05) is 11.4 Å². The Morgan fingerprint density at radius 3 is 2.62 bits per heavy atom. The summed E-state index contributed by atoms with van der Waals surface area (Å²) in [5.41, 5.74) is 0.595. The van der Waals surface area contributed by atoms with Crippen LogP contribution in [-0.2, 0) is 14.8 Å². The third-order valence-electron chi connectivity index (χ3n) is 4.55. The van der Waals surface area contributed by atoms with Crippen molar-refractivity contribution in [3.63, 3.8) is 0 Å². The number of nitrogens with zero attached hydrogens (tertiary/aromatic N) is 1. The van der Waals surface area contributed by atoms with Gasteiger partial charge in [0.1, 0.15) is 6.54 Å². The number of rotatable bonds is 3. The molecule has 2 aromatic carbocycles. The molecule has 0 unspecified atom stereocenters. The predicted octanol–water partition coefficient (Wildman–Crippen LogP) is 2.36. The molecule has 4 rings (SSSR count). The van der Waals surface area contributed by atoms with E-state index < -0.39 is 10.0 Å². The fourth-order valence-corrected chi connectivity index (χ4v) is 6.15. The van der Waals surface area contributed by atoms with Crippen molar-refractivity contribution in [3.05, 3.63) is 36.4 Å². The average molecular weight is 362 g/mol. The van der Waals surface area contributed by atoms with Crippen LogP contribution < -0.4 is 9.62 Å². The first-order valence-electron chi connectivity index (χ1n) is 7.99. The smallest absolute Gasteiger partial charge is 0.265 e. The monoisotopic (exact) mass is 362 g/mol. The van der Waals surface area contributed by atoms with E-state index in [2.05, 4.69) is 5.32 Å². The average Bonchev–Trinajstić information content (AvgIpc) is 2.79. The highest BCUT2D eigenvalue weighted by atomic mass is 32.2. The van der Waals surface area contributed by atoms with Crippen molar-refractivity contribution in [2.75, 3.05) is 22.4 Å². The maximum absolute atomic E-state index is 12.8. The van der Waals surface area contributed by atoms with Gasteiger partial charge in [0.05, 0.1) is 10.6 Å². The summed E-state index contributed by atoms with van der Waals surface area (Å²) in [4.78, 5) is 12.7. The number of hydrogen-bond acceptors (Lipinski definition) is 4. The Balaban J connectivity index is 1.62. The molecule has 7 heteroatoms. The van der Waals surface area contributed by atoms with Crippen LogP contribution in [-0.4, -0.2) is 38.4 Å². The molecule has 5 nitrogen and oxygen atoms in total. The summed E-state index contributed by atoms with van der Waals surface area (Å²) in [5.74, 6) is 1.84. The minimum atomic E-state index is -3.67. The van der Waals surface area contributed by atoms with Crippen LogP contribution in [0.3, 0.4) is 0 Å². The van der Waals surface area contributed by atoms with E-state index in [0.29, 0.717) is 11.1 Å². The molecule has 0 aliphatic carbocycles. The minimum absolute atomic E-state index is 0.155. The summed E-state index contributed by atoms with van der Waals surface area (Å²) in [6.07, 6.45) is 1.89. The van der Waals surface area contributed by atoms with Crippen LogP contribution in [0.15, 0.2) is 41.3 Å². The Morgan fingerprint density at radius 1 is 1.17 bits per heavy atom. The van der Waals surface area contributed by atoms with Gasteiger partial charge in [-0.25, -0.2) is 8.42 Å². The second kappa shape index (κ2) is 5.97. The number of nitrogens with one attached hydrogen (secondary N) is 1. The van der Waals surface area contributed by atoms with Crippen molar-refractivity contribution in [3.8, 4) is 0 Å². The van der Waals surface area contributed by atoms with E-state index in [9.17, 15) is 13.2 Å². The number of benzene rings is 2. The van der Waals surface area contributed by atoms with Gasteiger partial charge in [-0.15, -0.1) is 0 Å². The number of thioether (sulfide) groups is 1. The van der Waals surface area contributed by atoms with Gasteiger partial charge in [0.15, 0.2) is 0 Å². The number of carbonyl (C=O) groups is 1. The molecule has 126 valence electrons. The standard InChI is InChI=1S/C17H18N2O3S2/c20-16(18-13-7-9-23-10-8-13)11-19-14-5-1-3-12-4-2-6-15(17(12)14)24(19,21)22/h1-6,13H,7-11H2,(H,18,20). The number of hydrogen-bond donors (Lipinski definition) is 1. The van der Waals surface area contributed by atoms with Crippen LogP contribution >= 0.6 is 11.8 Å². The molecule has 1 fully saturated rings. The summed E-state index contributed by atoms with van der Waals surface area (Å²) < 4.78 is 26.9. The highest BCUT2D eigenvalue weighted by molar-refractivity contribution is 7.99. The molecule has 2 aromatic rings. The van der Waals surface area contributed by atoms with Gasteiger partial charge in [-0.05, 0) is 41.9 Å². The first-order valence-corrected chi connectivity index (χ1v) is 10.6. The number of carbonyl (C=O) groups excluding carboxylic acids is 1. The first kappa shape index (κ1) is 15.8. The SMILES string of the molecule is O=C(CN1c2cccc3cccc(c23)S1(=O)=O)NC1CCSCC1. The molecule has 1 saturated heterocycles. The van der Waals surface area contributed by atoms with Gasteiger partial charge < -0.3 is 5.32 Å². The fraction of sp³-hybridized carbons (Fsp3) is 0.353. The lowest BCUT2D eigenvalue weighted by atomic mass is 10.1. The first-order chi connectivity index (χ1) is 11.6. The fourth-order valence-electron chi connectivity index (χ4n) is 3.37. The number of anilines is 1. The molecule has 1 amide bonds. The lowest BCUT2D eigenvalue weighted by molar-refractivity contribution is -0.120. The Labute approximate surface area is 145 Å². The highest BCUT2D eigenvalue weighted by Crippen LogP contribution is 2.41. The maximum atomic E-state index is 12.8. The molecule has 0 atom stereocenters. The molecule has 0 saturated carbocycles. The van der Waals surface area contributed by atoms with E-state index in [0.717, 1.165) is 29.7 Å². The van der Waals surface area contributed by atoms with Crippen molar-refractivity contribution in [2.24, 2.45) is 0 Å². The van der Waals surface area contributed by atoms with Crippen LogP contribution in [0.25, 0.3) is 10.8 Å². The highest BCUT2D eigenvalue weighted by Gasteiger charge is 2.36. The largest absolute Gasteiger partial charge is 0.352 e. The molecule has 2 aliphatic heterocycles. The zero-order chi connectivity index (χ0) is 16.7. The Morgan fingerprint density at radius 2 is 1.88 bits per heavy atom. The van der Waals surface area contributed by atoms with Gasteiger partial charge in [-0.3, -0.25) is 9.10 Å². The predicted molar refractivity (Wildman–Crippen MR) is 97.0 cm³/mol. The number of sulfonamides is 1. The van der Waals surface area contributed by atoms with Crippen molar-refractivity contribution in [1.82, 2.24) is 5.32 Å². The molecular formula is C17H18N2O3S2. The van der Waals surface area contributed by atoms with Crippen LogP contribution in [0.5, 0.6) is 0 Å². The molecule has 24 heavy (non-hydrogen) atoms. The van der Waals surface area contributed by atoms with Gasteiger partial charge in [-0.2, -0.15) is 11.8 Å². The summed E-state index contributed by atoms with van der Waals surface area (Å²) in [6.45, 7) is -0.167. The molecular weight excluding hydrogens is 344 g/mol. The molecule has 0 spiro atoms. The van der Waals surface area contributed by atoms with Crippen molar-refractivity contribution >= 4 is 44.2 Å². The van der Waals surface area contributed by atoms with E-state index in [-0.39, 0.29) is 23.4 Å². The van der Waals surface area contributed by atoms with E-state index >= 15 is 0 Å². The zero-order valence-corrected chi connectivity index (χ0v) is 14.7. The van der Waals surface area contributed by atoms with Crippen molar-refractivity contribution in [1.29, 1.82) is 0 Å². The summed E-state index contributed by atoms with van der Waals surface area (Å²) in [7, 11) is -3.67. The third-order valence-corrected chi connectivity index (χ3v) is 7.41. The normalized spacial score (nSPS) is 19.6. The molecule has 0 bridgehead atoms. The van der Waals surface area contributed by atoms with Crippen molar-refractivity contribution < 1.29 is 13.2 Å². The Kier molecular flexibility index (Phi) is 3.92. The summed E-state index contributed by atoms with van der Waals surface area (Å²) in [5, 5.41) is 4.57. The molecule has 1 N–H and O–H groups in total. The molecule has 2 aliphatic rings. The Bertz CT molecular complexity index is 900. The van der Waals surface area contributed by atoms with Crippen LogP contribution in [0, 0.1) is 0 Å². The molecule has 2 heterocycles. The van der Waals surface area contributed by atoms with Gasteiger partial charge in [-0.1, -0.05) is 24.3 Å². The second-order valence-corrected chi connectivity index (χ2v) is 9.15. The lowest BCUT2D eigenvalue weighted by Gasteiger charge is -2.24. The minimum Gasteiger partial charge on any atom is -0.352 e. The van der Waals surface area contributed by atoms with Crippen molar-refractivity contribution in [2.45, 2.75) is 23.8 Å².